The molecule has 8 rings (SSSR count). The number of hydrazine groups is 1. The minimum absolute atomic E-state index is 0.0597. The standard InChI is InChI=1S/C32H22N4O7/c37-30(23-14-6-8-16-25(23)36(42)43)33(17-18-9-1-7-15-24(18)35(40)41)34-31(38)28-26-19-10-2-3-11-20(19)27(29(28)32(34)39)22-13-5-4-12-21(22)26/h1-16,26-29H,17H2/t26?,27?,28-,29+. The van der Waals surface area contributed by atoms with Gasteiger partial charge in [0, 0.05) is 24.0 Å². The van der Waals surface area contributed by atoms with Crippen molar-refractivity contribution in [1.29, 1.82) is 0 Å². The molecule has 43 heavy (non-hydrogen) atoms. The Morgan fingerprint density at radius 2 is 1.07 bits per heavy atom. The van der Waals surface area contributed by atoms with Gasteiger partial charge in [0.25, 0.3) is 29.1 Å². The summed E-state index contributed by atoms with van der Waals surface area (Å²) in [6, 6.07) is 26.2. The molecular formula is C32H22N4O7. The smallest absolute Gasteiger partial charge is 0.272 e. The van der Waals surface area contributed by atoms with Gasteiger partial charge in [-0.25, -0.2) is 5.01 Å². The van der Waals surface area contributed by atoms with Gasteiger partial charge in [0.15, 0.2) is 0 Å². The zero-order valence-electron chi connectivity index (χ0n) is 22.4. The number of hydrogen-bond acceptors (Lipinski definition) is 7. The van der Waals surface area contributed by atoms with E-state index in [0.29, 0.717) is 0 Å². The summed E-state index contributed by atoms with van der Waals surface area (Å²) in [5, 5.41) is 25.3. The lowest BCUT2D eigenvalue weighted by molar-refractivity contribution is -0.385. The monoisotopic (exact) mass is 574 g/mol. The highest BCUT2D eigenvalue weighted by molar-refractivity contribution is 6.10. The Labute approximate surface area is 244 Å². The molecule has 1 heterocycles. The van der Waals surface area contributed by atoms with Gasteiger partial charge in [-0.15, -0.1) is 0 Å². The Morgan fingerprint density at radius 3 is 1.56 bits per heavy atom. The fourth-order valence-electron chi connectivity index (χ4n) is 7.07. The van der Waals surface area contributed by atoms with Gasteiger partial charge in [0.2, 0.25) is 0 Å². The minimum atomic E-state index is -0.992. The summed E-state index contributed by atoms with van der Waals surface area (Å²) in [5.41, 5.74) is 2.61. The third kappa shape index (κ3) is 3.78. The van der Waals surface area contributed by atoms with Crippen molar-refractivity contribution in [3.63, 3.8) is 0 Å². The van der Waals surface area contributed by atoms with Crippen LogP contribution in [0.1, 0.15) is 50.0 Å². The van der Waals surface area contributed by atoms with Crippen LogP contribution < -0.4 is 0 Å². The average Bonchev–Trinajstić information content (AvgIpc) is 3.29. The number of para-hydroxylation sites is 2. The highest BCUT2D eigenvalue weighted by Gasteiger charge is 2.63. The maximum Gasteiger partial charge on any atom is 0.282 e. The van der Waals surface area contributed by atoms with Crippen molar-refractivity contribution in [3.05, 3.63) is 151 Å². The zero-order chi connectivity index (χ0) is 30.0. The van der Waals surface area contributed by atoms with Gasteiger partial charge in [-0.05, 0) is 28.3 Å². The van der Waals surface area contributed by atoms with Crippen molar-refractivity contribution in [2.75, 3.05) is 0 Å². The number of nitrogens with zero attached hydrogens (tertiary/aromatic N) is 4. The molecule has 1 fully saturated rings. The van der Waals surface area contributed by atoms with Crippen LogP contribution in [0.2, 0.25) is 0 Å². The summed E-state index contributed by atoms with van der Waals surface area (Å²) in [4.78, 5) is 65.3. The number of amides is 3. The molecule has 0 unspecified atom stereocenters. The van der Waals surface area contributed by atoms with Gasteiger partial charge in [0.05, 0.1) is 33.8 Å². The first-order valence-corrected chi connectivity index (χ1v) is 13.6. The number of carbonyl (C=O) groups excluding carboxylic acids is 3. The minimum Gasteiger partial charge on any atom is -0.272 e. The number of carbonyl (C=O) groups is 3. The van der Waals surface area contributed by atoms with Crippen molar-refractivity contribution < 1.29 is 24.2 Å². The highest BCUT2D eigenvalue weighted by atomic mass is 16.6. The van der Waals surface area contributed by atoms with Crippen LogP contribution in [0.15, 0.2) is 97.1 Å². The van der Waals surface area contributed by atoms with Crippen molar-refractivity contribution in [1.82, 2.24) is 10.0 Å². The largest absolute Gasteiger partial charge is 0.282 e. The van der Waals surface area contributed by atoms with Crippen LogP contribution in [-0.4, -0.2) is 37.6 Å². The second kappa shape index (κ2) is 9.69. The van der Waals surface area contributed by atoms with E-state index in [2.05, 4.69) is 0 Å². The predicted octanol–water partition coefficient (Wildman–Crippen LogP) is 4.95. The first kappa shape index (κ1) is 26.2. The second-order valence-electron chi connectivity index (χ2n) is 10.8. The molecule has 1 aliphatic heterocycles. The molecule has 4 aliphatic rings. The van der Waals surface area contributed by atoms with E-state index in [1.54, 1.807) is 0 Å². The van der Waals surface area contributed by atoms with Gasteiger partial charge in [0.1, 0.15) is 5.56 Å². The topological polar surface area (TPSA) is 144 Å². The van der Waals surface area contributed by atoms with E-state index in [9.17, 15) is 34.6 Å². The third-order valence-corrected chi connectivity index (χ3v) is 8.74. The van der Waals surface area contributed by atoms with Crippen LogP contribution in [0.25, 0.3) is 0 Å². The third-order valence-electron chi connectivity index (χ3n) is 8.74. The van der Waals surface area contributed by atoms with E-state index in [1.165, 1.54) is 42.5 Å². The zero-order valence-corrected chi connectivity index (χ0v) is 22.4. The van der Waals surface area contributed by atoms with Gasteiger partial charge in [-0.3, -0.25) is 34.6 Å². The van der Waals surface area contributed by atoms with Crippen LogP contribution in [0.4, 0.5) is 11.4 Å². The molecular weight excluding hydrogens is 552 g/mol. The summed E-state index contributed by atoms with van der Waals surface area (Å²) < 4.78 is 0. The van der Waals surface area contributed by atoms with Gasteiger partial charge in [-0.2, -0.15) is 5.01 Å². The van der Waals surface area contributed by atoms with E-state index in [0.717, 1.165) is 38.3 Å². The number of nitro groups is 2. The maximum absolute atomic E-state index is 14.4. The lowest BCUT2D eigenvalue weighted by Crippen LogP contribution is -2.50. The number of benzene rings is 4. The molecule has 11 heteroatoms. The van der Waals surface area contributed by atoms with Crippen LogP contribution in [-0.2, 0) is 16.1 Å². The van der Waals surface area contributed by atoms with Gasteiger partial charge < -0.3 is 0 Å². The van der Waals surface area contributed by atoms with E-state index in [1.807, 2.05) is 48.5 Å². The van der Waals surface area contributed by atoms with E-state index in [4.69, 9.17) is 0 Å². The normalized spacial score (nSPS) is 21.2. The number of nitro benzene ring substituents is 2. The molecule has 0 aromatic heterocycles. The van der Waals surface area contributed by atoms with E-state index in [-0.39, 0.29) is 16.8 Å². The average molecular weight is 575 g/mol. The first-order chi connectivity index (χ1) is 20.8. The number of hydrogen-bond donors (Lipinski definition) is 0. The fraction of sp³-hybridized carbons (Fsp3) is 0.156. The van der Waals surface area contributed by atoms with Gasteiger partial charge >= 0.3 is 0 Å². The van der Waals surface area contributed by atoms with Crippen LogP contribution >= 0.6 is 0 Å². The van der Waals surface area contributed by atoms with Crippen molar-refractivity contribution in [2.45, 2.75) is 18.4 Å². The van der Waals surface area contributed by atoms with Crippen LogP contribution in [0.3, 0.4) is 0 Å². The molecule has 2 atom stereocenters. The molecule has 1 saturated heterocycles. The predicted molar refractivity (Wildman–Crippen MR) is 151 cm³/mol. The summed E-state index contributed by atoms with van der Waals surface area (Å²) in [6.45, 7) is -0.534. The molecule has 3 amide bonds. The molecule has 4 aromatic carbocycles. The van der Waals surface area contributed by atoms with Crippen LogP contribution in [0.5, 0.6) is 0 Å². The summed E-state index contributed by atoms with van der Waals surface area (Å²) in [6.07, 6.45) is 0. The van der Waals surface area contributed by atoms with Crippen molar-refractivity contribution in [3.8, 4) is 0 Å². The van der Waals surface area contributed by atoms with E-state index < -0.39 is 63.5 Å². The van der Waals surface area contributed by atoms with Crippen LogP contribution in [0, 0.1) is 32.1 Å². The number of rotatable bonds is 6. The highest BCUT2D eigenvalue weighted by Crippen LogP contribution is 2.61. The summed E-state index contributed by atoms with van der Waals surface area (Å²) >= 11 is 0. The molecule has 0 spiro atoms. The number of imide groups is 1. The Bertz CT molecular complexity index is 1770. The Morgan fingerprint density at radius 1 is 0.651 bits per heavy atom. The second-order valence-corrected chi connectivity index (χ2v) is 10.8. The molecule has 2 bridgehead atoms. The Balaban J connectivity index is 1.39. The fourth-order valence-corrected chi connectivity index (χ4v) is 7.07. The molecule has 0 N–H and O–H groups in total. The molecule has 11 nitrogen and oxygen atoms in total. The molecule has 0 saturated carbocycles. The first-order valence-electron chi connectivity index (χ1n) is 13.6. The quantitative estimate of drug-likeness (QED) is 0.180. The summed E-state index contributed by atoms with van der Waals surface area (Å²) in [7, 11) is 0. The van der Waals surface area contributed by atoms with Gasteiger partial charge in [-0.1, -0.05) is 78.9 Å². The lowest BCUT2D eigenvalue weighted by atomic mass is 9.55. The SMILES string of the molecule is O=C(c1ccccc1[N+](=O)[O-])N(Cc1ccccc1[N+](=O)[O-])N1C(=O)[C@@H]2C3c4ccccc4C(c4ccccc43)[C@@H]2C1=O. The van der Waals surface area contributed by atoms with Crippen molar-refractivity contribution in [2.24, 2.45) is 11.8 Å². The molecule has 212 valence electrons. The molecule has 0 radical (unpaired) electrons. The molecule has 4 aromatic rings. The maximum atomic E-state index is 14.4. The summed E-state index contributed by atoms with van der Waals surface area (Å²) in [5.74, 6) is -4.79. The molecule has 3 aliphatic carbocycles. The van der Waals surface area contributed by atoms with E-state index >= 15 is 0 Å². The lowest BCUT2D eigenvalue weighted by Gasteiger charge is -2.45. The van der Waals surface area contributed by atoms with Crippen molar-refractivity contribution >= 4 is 29.1 Å². The Hall–Kier alpha value is -5.71. The Kier molecular flexibility index (Phi) is 5.91.